The molecule has 34 heavy (non-hydrogen) atoms. The summed E-state index contributed by atoms with van der Waals surface area (Å²) in [4.78, 5) is 29.5. The van der Waals surface area contributed by atoms with Crippen LogP contribution < -0.4 is 10.6 Å². The van der Waals surface area contributed by atoms with Crippen LogP contribution in [-0.2, 0) is 11.3 Å². The lowest BCUT2D eigenvalue weighted by molar-refractivity contribution is -0.140. The lowest BCUT2D eigenvalue weighted by Gasteiger charge is -2.20. The first-order valence-corrected chi connectivity index (χ1v) is 12.0. The average molecular weight is 461 g/mol. The molecular formula is C27H32N4O3. The van der Waals surface area contributed by atoms with Gasteiger partial charge in [0.25, 0.3) is 5.91 Å². The summed E-state index contributed by atoms with van der Waals surface area (Å²) < 4.78 is 1.98. The van der Waals surface area contributed by atoms with E-state index in [9.17, 15) is 14.7 Å². The number of amides is 1. The van der Waals surface area contributed by atoms with Crippen LogP contribution in [0.1, 0.15) is 67.1 Å². The number of pyridine rings is 1. The number of carbonyl (C=O) groups excluding carboxylic acids is 1. The third kappa shape index (κ3) is 5.14. The number of hydrogen-bond acceptors (Lipinski definition) is 4. The van der Waals surface area contributed by atoms with Crippen LogP contribution in [0.4, 0.5) is 5.82 Å². The minimum absolute atomic E-state index is 0.170. The number of nitrogens with zero attached hydrogens (tertiary/aromatic N) is 2. The van der Waals surface area contributed by atoms with Gasteiger partial charge in [0.2, 0.25) is 0 Å². The lowest BCUT2D eigenvalue weighted by Crippen LogP contribution is -2.45. The molecule has 3 aromatic rings. The lowest BCUT2D eigenvalue weighted by atomic mass is 9.91. The molecule has 4 rings (SSSR count). The highest BCUT2D eigenvalue weighted by molar-refractivity contribution is 5.97. The fourth-order valence-corrected chi connectivity index (χ4v) is 4.40. The highest BCUT2D eigenvalue weighted by atomic mass is 16.4. The Labute approximate surface area is 199 Å². The van der Waals surface area contributed by atoms with Crippen LogP contribution in [0.25, 0.3) is 5.65 Å². The van der Waals surface area contributed by atoms with E-state index in [-0.39, 0.29) is 5.92 Å². The number of aromatic nitrogens is 2. The molecule has 7 nitrogen and oxygen atoms in total. The molecule has 3 unspecified atom stereocenters. The zero-order valence-corrected chi connectivity index (χ0v) is 19.7. The van der Waals surface area contributed by atoms with Crippen molar-refractivity contribution >= 4 is 23.3 Å². The molecule has 0 fully saturated rings. The molecule has 2 heterocycles. The van der Waals surface area contributed by atoms with Gasteiger partial charge in [-0.15, -0.1) is 0 Å². The molecule has 178 valence electrons. The van der Waals surface area contributed by atoms with Crippen molar-refractivity contribution in [3.63, 3.8) is 0 Å². The van der Waals surface area contributed by atoms with E-state index in [1.165, 1.54) is 5.56 Å². The molecule has 0 saturated heterocycles. The molecule has 0 bridgehead atoms. The molecule has 1 aliphatic carbocycles. The second-order valence-corrected chi connectivity index (χ2v) is 8.98. The largest absolute Gasteiger partial charge is 0.480 e. The third-order valence-corrected chi connectivity index (χ3v) is 6.64. The Balaban J connectivity index is 1.64. The molecule has 0 spiro atoms. The molecule has 1 aromatic carbocycles. The van der Waals surface area contributed by atoms with Gasteiger partial charge in [-0.25, -0.2) is 9.78 Å². The van der Waals surface area contributed by atoms with Crippen LogP contribution >= 0.6 is 0 Å². The normalized spacial score (nSPS) is 17.3. The van der Waals surface area contributed by atoms with Gasteiger partial charge < -0.3 is 15.7 Å². The summed E-state index contributed by atoms with van der Waals surface area (Å²) in [6.45, 7) is 4.41. The van der Waals surface area contributed by atoms with E-state index >= 15 is 0 Å². The molecule has 2 aromatic heterocycles. The van der Waals surface area contributed by atoms with Crippen molar-refractivity contribution in [1.82, 2.24) is 14.7 Å². The number of carbonyl (C=O) groups is 2. The molecule has 3 atom stereocenters. The fraction of sp³-hybridized carbons (Fsp3) is 0.370. The highest BCUT2D eigenvalue weighted by Crippen LogP contribution is 2.34. The van der Waals surface area contributed by atoms with E-state index in [2.05, 4.69) is 34.9 Å². The Bertz CT molecular complexity index is 1190. The Morgan fingerprint density at radius 1 is 1.21 bits per heavy atom. The van der Waals surface area contributed by atoms with Gasteiger partial charge in [-0.3, -0.25) is 9.20 Å². The third-order valence-electron chi connectivity index (χ3n) is 6.64. The van der Waals surface area contributed by atoms with Crippen LogP contribution in [0.2, 0.25) is 0 Å². The van der Waals surface area contributed by atoms with Gasteiger partial charge >= 0.3 is 5.97 Å². The van der Waals surface area contributed by atoms with Crippen LogP contribution in [0.3, 0.4) is 0 Å². The molecule has 3 N–H and O–H groups in total. The number of imidazole rings is 1. The first-order chi connectivity index (χ1) is 16.5. The molecule has 1 aliphatic rings. The van der Waals surface area contributed by atoms with Gasteiger partial charge in [0, 0.05) is 24.2 Å². The van der Waals surface area contributed by atoms with Crippen LogP contribution in [0, 0.1) is 5.92 Å². The summed E-state index contributed by atoms with van der Waals surface area (Å²) >= 11 is 0. The van der Waals surface area contributed by atoms with Gasteiger partial charge in [-0.05, 0) is 42.9 Å². The van der Waals surface area contributed by atoms with Gasteiger partial charge in [0.1, 0.15) is 17.5 Å². The minimum atomic E-state index is -1.02. The second kappa shape index (κ2) is 10.5. The van der Waals surface area contributed by atoms with E-state index in [0.29, 0.717) is 30.1 Å². The van der Waals surface area contributed by atoms with E-state index < -0.39 is 17.9 Å². The van der Waals surface area contributed by atoms with Crippen LogP contribution in [0.5, 0.6) is 0 Å². The Morgan fingerprint density at radius 2 is 2.00 bits per heavy atom. The Kier molecular flexibility index (Phi) is 7.30. The number of rotatable bonds is 9. The van der Waals surface area contributed by atoms with Crippen molar-refractivity contribution < 1.29 is 14.7 Å². The topological polar surface area (TPSA) is 95.7 Å². The van der Waals surface area contributed by atoms with Gasteiger partial charge in [0.05, 0.1) is 5.69 Å². The SMILES string of the molecule is CCC(C)C(NC(=O)c1ccn2c(NCc3ccccc3)c(C3CC=CCC3)nc2c1)C(=O)O. The average Bonchev–Trinajstić information content (AvgIpc) is 3.24. The van der Waals surface area contributed by atoms with Crippen LogP contribution in [0.15, 0.2) is 60.8 Å². The number of carboxylic acid groups (broad SMARTS) is 1. The number of fused-ring (bicyclic) bond motifs is 1. The summed E-state index contributed by atoms with van der Waals surface area (Å²) in [5.41, 5.74) is 3.24. The van der Waals surface area contributed by atoms with E-state index in [4.69, 9.17) is 4.98 Å². The number of aliphatic carboxylic acids is 1. The molecular weight excluding hydrogens is 428 g/mol. The maximum Gasteiger partial charge on any atom is 0.326 e. The molecule has 0 radical (unpaired) electrons. The maximum atomic E-state index is 12.9. The van der Waals surface area contributed by atoms with Gasteiger partial charge in [0.15, 0.2) is 0 Å². The maximum absolute atomic E-state index is 12.9. The second-order valence-electron chi connectivity index (χ2n) is 8.98. The molecule has 7 heteroatoms. The number of carboxylic acids is 1. The van der Waals surface area contributed by atoms with Gasteiger partial charge in [-0.2, -0.15) is 0 Å². The van der Waals surface area contributed by atoms with E-state index in [1.807, 2.05) is 42.6 Å². The predicted octanol–water partition coefficient (Wildman–Crippen LogP) is 5.00. The standard InChI is InChI=1S/C27H32N4O3/c1-3-18(2)23(27(33)34)30-26(32)21-14-15-31-22(16-21)29-24(20-12-8-5-9-13-20)25(31)28-17-19-10-6-4-7-11-19/h4-8,10-11,14-16,18,20,23,28H,3,9,12-13,17H2,1-2H3,(H,30,32)(H,33,34). The summed E-state index contributed by atoms with van der Waals surface area (Å²) in [6, 6.07) is 12.7. The first-order valence-electron chi connectivity index (χ1n) is 12.0. The van der Waals surface area contributed by atoms with Crippen LogP contribution in [-0.4, -0.2) is 32.4 Å². The van der Waals surface area contributed by atoms with Crippen molar-refractivity contribution in [3.05, 3.63) is 77.6 Å². The minimum Gasteiger partial charge on any atom is -0.480 e. The molecule has 0 saturated carbocycles. The van der Waals surface area contributed by atoms with Crippen molar-refractivity contribution in [1.29, 1.82) is 0 Å². The molecule has 1 amide bonds. The highest BCUT2D eigenvalue weighted by Gasteiger charge is 2.27. The monoisotopic (exact) mass is 460 g/mol. The van der Waals surface area contributed by atoms with Crippen molar-refractivity contribution in [2.45, 2.75) is 58.0 Å². The zero-order valence-electron chi connectivity index (χ0n) is 19.7. The number of allylic oxidation sites excluding steroid dienone is 2. The van der Waals surface area contributed by atoms with E-state index in [0.717, 1.165) is 30.8 Å². The number of hydrogen-bond donors (Lipinski definition) is 3. The first kappa shape index (κ1) is 23.5. The smallest absolute Gasteiger partial charge is 0.326 e. The van der Waals surface area contributed by atoms with Gasteiger partial charge in [-0.1, -0.05) is 62.8 Å². The Morgan fingerprint density at radius 3 is 2.68 bits per heavy atom. The van der Waals surface area contributed by atoms with Crippen molar-refractivity contribution in [2.24, 2.45) is 5.92 Å². The predicted molar refractivity (Wildman–Crippen MR) is 133 cm³/mol. The summed E-state index contributed by atoms with van der Waals surface area (Å²) in [7, 11) is 0. The Hall–Kier alpha value is -3.61. The zero-order chi connectivity index (χ0) is 24.1. The van der Waals surface area contributed by atoms with E-state index in [1.54, 1.807) is 12.1 Å². The van der Waals surface area contributed by atoms with Crippen molar-refractivity contribution in [3.8, 4) is 0 Å². The summed E-state index contributed by atoms with van der Waals surface area (Å²) in [5, 5.41) is 15.8. The number of anilines is 1. The fourth-order valence-electron chi connectivity index (χ4n) is 4.40. The van der Waals surface area contributed by atoms with Crippen molar-refractivity contribution in [2.75, 3.05) is 5.32 Å². The number of benzene rings is 1. The quantitative estimate of drug-likeness (QED) is 0.391. The number of nitrogens with one attached hydrogen (secondary N) is 2. The summed E-state index contributed by atoms with van der Waals surface area (Å²) in [6.07, 6.45) is 9.91. The summed E-state index contributed by atoms with van der Waals surface area (Å²) in [5.74, 6) is -0.350. The molecule has 0 aliphatic heterocycles.